The summed E-state index contributed by atoms with van der Waals surface area (Å²) in [5.74, 6) is 0. The molecule has 1 fully saturated rings. The highest BCUT2D eigenvalue weighted by Crippen LogP contribution is 2.41. The van der Waals surface area contributed by atoms with Crippen molar-refractivity contribution in [2.75, 3.05) is 26.2 Å². The van der Waals surface area contributed by atoms with Gasteiger partial charge in [-0.25, -0.2) is 0 Å². The second kappa shape index (κ2) is 7.65. The summed E-state index contributed by atoms with van der Waals surface area (Å²) in [4.78, 5) is 3.86. The predicted molar refractivity (Wildman–Crippen MR) is 109 cm³/mol. The Morgan fingerprint density at radius 2 is 1.88 bits per heavy atom. The van der Waals surface area contributed by atoms with E-state index in [2.05, 4.69) is 46.6 Å². The van der Waals surface area contributed by atoms with Crippen molar-refractivity contribution < 1.29 is 0 Å². The first-order chi connectivity index (χ1) is 12.2. The molecule has 1 aliphatic heterocycles. The van der Waals surface area contributed by atoms with Gasteiger partial charge in [-0.3, -0.25) is 4.90 Å². The monoisotopic (exact) mass is 390 g/mol. The fourth-order valence-electron chi connectivity index (χ4n) is 3.52. The molecule has 0 amide bonds. The van der Waals surface area contributed by atoms with Crippen LogP contribution in [0.4, 0.5) is 0 Å². The zero-order valence-electron chi connectivity index (χ0n) is 13.8. The van der Waals surface area contributed by atoms with Crippen LogP contribution in [0.25, 0.3) is 10.1 Å². The van der Waals surface area contributed by atoms with Gasteiger partial charge in [0.25, 0.3) is 0 Å². The normalized spacial score (nSPS) is 17.5. The Labute approximate surface area is 162 Å². The van der Waals surface area contributed by atoms with Crippen LogP contribution in [0.3, 0.4) is 0 Å². The van der Waals surface area contributed by atoms with Crippen molar-refractivity contribution in [1.29, 1.82) is 0 Å². The van der Waals surface area contributed by atoms with E-state index in [9.17, 15) is 0 Å². The molecule has 5 heteroatoms. The zero-order chi connectivity index (χ0) is 17.2. The summed E-state index contributed by atoms with van der Waals surface area (Å²) < 4.78 is 1.31. The van der Waals surface area contributed by atoms with Crippen molar-refractivity contribution in [2.24, 2.45) is 0 Å². The second-order valence-corrected chi connectivity index (χ2v) is 8.27. The third-order valence-electron chi connectivity index (χ3n) is 4.73. The number of fused-ring (bicyclic) bond motifs is 1. The first-order valence-electron chi connectivity index (χ1n) is 8.61. The fraction of sp³-hybridized carbons (Fsp3) is 0.300. The average Bonchev–Trinajstić information content (AvgIpc) is 2.86. The van der Waals surface area contributed by atoms with Crippen molar-refractivity contribution in [3.8, 4) is 0 Å². The summed E-state index contributed by atoms with van der Waals surface area (Å²) in [6.45, 7) is 4.12. The van der Waals surface area contributed by atoms with Gasteiger partial charge in [-0.2, -0.15) is 0 Å². The number of benzene rings is 2. The third-order valence-corrected chi connectivity index (χ3v) is 6.73. The molecular weight excluding hydrogens is 371 g/mol. The van der Waals surface area contributed by atoms with Gasteiger partial charge in [-0.15, -0.1) is 11.3 Å². The molecular formula is C20H20Cl2N2S. The van der Waals surface area contributed by atoms with Crippen LogP contribution in [0.2, 0.25) is 10.0 Å². The van der Waals surface area contributed by atoms with Gasteiger partial charge >= 0.3 is 0 Å². The topological polar surface area (TPSA) is 15.3 Å². The van der Waals surface area contributed by atoms with Crippen LogP contribution in [0.5, 0.6) is 0 Å². The number of hydrogen-bond acceptors (Lipinski definition) is 3. The fourth-order valence-corrected chi connectivity index (χ4v) is 5.15. The highest BCUT2D eigenvalue weighted by atomic mass is 35.5. The molecule has 4 rings (SSSR count). The summed E-state index contributed by atoms with van der Waals surface area (Å²) in [6.07, 6.45) is 1.14. The van der Waals surface area contributed by atoms with Gasteiger partial charge in [0.05, 0.1) is 16.1 Å². The lowest BCUT2D eigenvalue weighted by Crippen LogP contribution is -2.32. The molecule has 2 aromatic carbocycles. The van der Waals surface area contributed by atoms with E-state index in [1.165, 1.54) is 15.0 Å². The van der Waals surface area contributed by atoms with E-state index in [1.54, 1.807) is 0 Å². The van der Waals surface area contributed by atoms with E-state index in [0.29, 0.717) is 10.0 Å². The maximum atomic E-state index is 6.63. The van der Waals surface area contributed by atoms with Crippen LogP contribution < -0.4 is 5.32 Å². The van der Waals surface area contributed by atoms with Crippen LogP contribution in [0.15, 0.2) is 48.5 Å². The Kier molecular flexibility index (Phi) is 5.30. The first kappa shape index (κ1) is 17.3. The highest BCUT2D eigenvalue weighted by Gasteiger charge is 2.27. The van der Waals surface area contributed by atoms with Gasteiger partial charge in [0.1, 0.15) is 0 Å². The zero-order valence-corrected chi connectivity index (χ0v) is 16.2. The van der Waals surface area contributed by atoms with Gasteiger partial charge in [-0.1, -0.05) is 53.5 Å². The van der Waals surface area contributed by atoms with Crippen molar-refractivity contribution >= 4 is 44.6 Å². The van der Waals surface area contributed by atoms with Gasteiger partial charge in [0.2, 0.25) is 0 Å². The average molecular weight is 391 g/mol. The number of thiophene rings is 1. The summed E-state index contributed by atoms with van der Waals surface area (Å²) in [5, 5.41) is 6.07. The lowest BCUT2D eigenvalue weighted by molar-refractivity contribution is 0.244. The van der Waals surface area contributed by atoms with E-state index in [1.807, 2.05) is 23.5 Å². The van der Waals surface area contributed by atoms with Crippen molar-refractivity contribution in [3.63, 3.8) is 0 Å². The van der Waals surface area contributed by atoms with Gasteiger partial charge in [0, 0.05) is 29.2 Å². The number of rotatable bonds is 3. The van der Waals surface area contributed by atoms with E-state index in [4.69, 9.17) is 23.2 Å². The molecule has 1 atom stereocenters. The number of halogens is 2. The molecule has 3 aromatic rings. The summed E-state index contributed by atoms with van der Waals surface area (Å²) >= 11 is 14.8. The van der Waals surface area contributed by atoms with Crippen LogP contribution >= 0.6 is 34.5 Å². The molecule has 1 N–H and O–H groups in total. The van der Waals surface area contributed by atoms with Gasteiger partial charge in [0.15, 0.2) is 0 Å². The van der Waals surface area contributed by atoms with Crippen molar-refractivity contribution in [2.45, 2.75) is 12.5 Å². The predicted octanol–water partition coefficient (Wildman–Crippen LogP) is 5.59. The molecule has 0 bridgehead atoms. The van der Waals surface area contributed by atoms with Crippen LogP contribution in [0, 0.1) is 0 Å². The van der Waals surface area contributed by atoms with Crippen LogP contribution in [-0.4, -0.2) is 31.1 Å². The molecule has 1 aliphatic rings. The van der Waals surface area contributed by atoms with Crippen molar-refractivity contribution in [3.05, 3.63) is 69.0 Å². The maximum absolute atomic E-state index is 6.63. The van der Waals surface area contributed by atoms with Crippen molar-refractivity contribution in [1.82, 2.24) is 10.2 Å². The minimum Gasteiger partial charge on any atom is -0.315 e. The Balaban J connectivity index is 1.83. The third kappa shape index (κ3) is 3.57. The Bertz CT molecular complexity index is 836. The van der Waals surface area contributed by atoms with E-state index in [-0.39, 0.29) is 6.04 Å². The Morgan fingerprint density at radius 1 is 1.00 bits per heavy atom. The molecule has 0 spiro atoms. The quantitative estimate of drug-likeness (QED) is 0.626. The minimum atomic E-state index is 0.142. The molecule has 130 valence electrons. The minimum absolute atomic E-state index is 0.142. The van der Waals surface area contributed by atoms with E-state index >= 15 is 0 Å². The largest absolute Gasteiger partial charge is 0.315 e. The highest BCUT2D eigenvalue weighted by molar-refractivity contribution is 7.19. The molecule has 0 aliphatic carbocycles. The van der Waals surface area contributed by atoms with Crippen LogP contribution in [-0.2, 0) is 0 Å². The maximum Gasteiger partial charge on any atom is 0.0712 e. The lowest BCUT2D eigenvalue weighted by atomic mass is 10.0. The van der Waals surface area contributed by atoms with E-state index < -0.39 is 0 Å². The molecule has 25 heavy (non-hydrogen) atoms. The summed E-state index contributed by atoms with van der Waals surface area (Å²) in [7, 11) is 0. The number of hydrogen-bond donors (Lipinski definition) is 1. The summed E-state index contributed by atoms with van der Waals surface area (Å²) in [5.41, 5.74) is 1.10. The van der Waals surface area contributed by atoms with Gasteiger partial charge < -0.3 is 5.32 Å². The molecule has 1 unspecified atom stereocenters. The molecule has 2 nitrogen and oxygen atoms in total. The molecule has 1 saturated heterocycles. The Morgan fingerprint density at radius 3 is 2.76 bits per heavy atom. The molecule has 0 radical (unpaired) electrons. The Hall–Kier alpha value is -1.10. The molecule has 1 aromatic heterocycles. The summed E-state index contributed by atoms with van der Waals surface area (Å²) in [6, 6.07) is 17.0. The number of nitrogens with zero attached hydrogens (tertiary/aromatic N) is 1. The van der Waals surface area contributed by atoms with E-state index in [0.717, 1.165) is 38.2 Å². The van der Waals surface area contributed by atoms with Gasteiger partial charge in [-0.05, 0) is 42.1 Å². The lowest BCUT2D eigenvalue weighted by Gasteiger charge is -2.31. The first-order valence-corrected chi connectivity index (χ1v) is 10.2. The standard InChI is InChI=1S/C20H20Cl2N2S/c21-16-7-3-6-15(19(16)22)20(24-11-4-9-23-10-12-24)18-13-14-5-1-2-8-17(14)25-18/h1-3,5-8,13,20,23H,4,9-12H2. The molecule has 0 saturated carbocycles. The number of nitrogens with one attached hydrogen (secondary N) is 1. The smallest absolute Gasteiger partial charge is 0.0712 e. The van der Waals surface area contributed by atoms with Crippen LogP contribution in [0.1, 0.15) is 22.9 Å². The molecule has 2 heterocycles. The second-order valence-electron chi connectivity index (χ2n) is 6.37. The SMILES string of the molecule is Clc1cccc(C(c2cc3ccccc3s2)N2CCCNCC2)c1Cl.